The van der Waals surface area contributed by atoms with Gasteiger partial charge >= 0.3 is 0 Å². The quantitative estimate of drug-likeness (QED) is 0.844. The van der Waals surface area contributed by atoms with Crippen molar-refractivity contribution in [1.82, 2.24) is 14.7 Å². The number of nitrogens with one attached hydrogen (secondary N) is 1. The SMILES string of the molecule is O=S(=O)(NC[C@H]1CCC2(CN(c3ncccn3)C2)OC1)C1CC1. The fourth-order valence-corrected chi connectivity index (χ4v) is 4.76. The van der Waals surface area contributed by atoms with Gasteiger partial charge in [-0.3, -0.25) is 0 Å². The highest BCUT2D eigenvalue weighted by molar-refractivity contribution is 7.90. The maximum atomic E-state index is 11.9. The van der Waals surface area contributed by atoms with E-state index >= 15 is 0 Å². The Bertz CT molecular complexity index is 647. The molecule has 3 heterocycles. The van der Waals surface area contributed by atoms with Gasteiger partial charge in [0.05, 0.1) is 24.9 Å². The Hall–Kier alpha value is -1.25. The predicted octanol–water partition coefficient (Wildman–Crippen LogP) is 0.544. The Morgan fingerprint density at radius 1 is 1.26 bits per heavy atom. The number of hydrogen-bond donors (Lipinski definition) is 1. The van der Waals surface area contributed by atoms with Crippen molar-refractivity contribution in [3.05, 3.63) is 18.5 Å². The van der Waals surface area contributed by atoms with Crippen molar-refractivity contribution in [3.8, 4) is 0 Å². The summed E-state index contributed by atoms with van der Waals surface area (Å²) in [4.78, 5) is 10.6. The molecular formula is C15H22N4O3S. The smallest absolute Gasteiger partial charge is 0.225 e. The van der Waals surface area contributed by atoms with Gasteiger partial charge in [0.25, 0.3) is 0 Å². The van der Waals surface area contributed by atoms with Crippen molar-refractivity contribution >= 4 is 16.0 Å². The summed E-state index contributed by atoms with van der Waals surface area (Å²) >= 11 is 0. The molecule has 23 heavy (non-hydrogen) atoms. The van der Waals surface area contributed by atoms with E-state index in [1.54, 1.807) is 12.4 Å². The molecule has 0 unspecified atom stereocenters. The second kappa shape index (κ2) is 5.68. The highest BCUT2D eigenvalue weighted by Crippen LogP contribution is 2.37. The van der Waals surface area contributed by atoms with Gasteiger partial charge in [0.2, 0.25) is 16.0 Å². The first kappa shape index (κ1) is 15.3. The van der Waals surface area contributed by atoms with Crippen LogP contribution in [0.25, 0.3) is 0 Å². The lowest BCUT2D eigenvalue weighted by molar-refractivity contribution is -0.115. The molecule has 8 heteroatoms. The van der Waals surface area contributed by atoms with Crippen LogP contribution in [0.2, 0.25) is 0 Å². The van der Waals surface area contributed by atoms with Crippen LogP contribution in [0.1, 0.15) is 25.7 Å². The normalized spacial score (nSPS) is 27.0. The zero-order valence-corrected chi connectivity index (χ0v) is 13.8. The van der Waals surface area contributed by atoms with Crippen molar-refractivity contribution in [2.24, 2.45) is 5.92 Å². The third-order valence-electron chi connectivity index (χ3n) is 4.96. The maximum absolute atomic E-state index is 11.9. The van der Waals surface area contributed by atoms with Crippen molar-refractivity contribution < 1.29 is 13.2 Å². The Labute approximate surface area is 136 Å². The van der Waals surface area contributed by atoms with E-state index in [2.05, 4.69) is 19.6 Å². The lowest BCUT2D eigenvalue weighted by Crippen LogP contribution is -2.65. The summed E-state index contributed by atoms with van der Waals surface area (Å²) in [7, 11) is -3.08. The standard InChI is InChI=1S/C15H22N4O3S/c20-23(21,13-2-3-13)18-8-12-4-5-15(22-9-12)10-19(11-15)14-16-6-1-7-17-14/h1,6-7,12-13,18H,2-5,8-11H2/t12-/m1/s1. The van der Waals surface area contributed by atoms with Crippen LogP contribution in [0, 0.1) is 5.92 Å². The number of hydrogen-bond acceptors (Lipinski definition) is 6. The lowest BCUT2D eigenvalue weighted by Gasteiger charge is -2.52. The topological polar surface area (TPSA) is 84.4 Å². The second-order valence-electron chi connectivity index (χ2n) is 6.90. The molecule has 3 fully saturated rings. The minimum absolute atomic E-state index is 0.0922. The minimum atomic E-state index is -3.08. The number of rotatable bonds is 5. The maximum Gasteiger partial charge on any atom is 0.225 e. The zero-order chi connectivity index (χ0) is 15.9. The molecule has 1 aromatic rings. The molecule has 0 bridgehead atoms. The van der Waals surface area contributed by atoms with Crippen molar-refractivity contribution in [3.63, 3.8) is 0 Å². The van der Waals surface area contributed by atoms with Crippen LogP contribution in [0.15, 0.2) is 18.5 Å². The van der Waals surface area contributed by atoms with Gasteiger partial charge in [-0.25, -0.2) is 23.1 Å². The Balaban J connectivity index is 1.24. The van der Waals surface area contributed by atoms with E-state index in [1.807, 2.05) is 6.07 Å². The van der Waals surface area contributed by atoms with Crippen LogP contribution in [0.5, 0.6) is 0 Å². The van der Waals surface area contributed by atoms with Crippen LogP contribution in [-0.2, 0) is 14.8 Å². The van der Waals surface area contributed by atoms with Crippen LogP contribution >= 0.6 is 0 Å². The number of aromatic nitrogens is 2. The highest BCUT2D eigenvalue weighted by Gasteiger charge is 2.47. The molecule has 1 aromatic heterocycles. The van der Waals surface area contributed by atoms with Gasteiger partial charge in [0, 0.05) is 18.9 Å². The van der Waals surface area contributed by atoms with Crippen molar-refractivity contribution in [1.29, 1.82) is 0 Å². The fourth-order valence-electron chi connectivity index (χ4n) is 3.30. The van der Waals surface area contributed by atoms with E-state index < -0.39 is 10.0 Å². The molecule has 4 rings (SSSR count). The molecule has 1 spiro atoms. The lowest BCUT2D eigenvalue weighted by atomic mass is 9.83. The van der Waals surface area contributed by atoms with Crippen LogP contribution in [0.3, 0.4) is 0 Å². The first-order chi connectivity index (χ1) is 11.1. The molecule has 1 aliphatic carbocycles. The van der Waals surface area contributed by atoms with Gasteiger partial charge in [-0.05, 0) is 37.7 Å². The molecule has 3 aliphatic rings. The monoisotopic (exact) mass is 338 g/mol. The molecule has 2 aliphatic heterocycles. The molecule has 1 saturated carbocycles. The van der Waals surface area contributed by atoms with E-state index in [9.17, 15) is 8.42 Å². The number of nitrogens with zero attached hydrogens (tertiary/aromatic N) is 3. The third kappa shape index (κ3) is 3.20. The summed E-state index contributed by atoms with van der Waals surface area (Å²) in [6, 6.07) is 1.81. The van der Waals surface area contributed by atoms with E-state index in [1.165, 1.54) is 0 Å². The summed E-state index contributed by atoms with van der Waals surface area (Å²) in [5.41, 5.74) is -0.0922. The van der Waals surface area contributed by atoms with E-state index in [4.69, 9.17) is 4.74 Å². The molecule has 126 valence electrons. The first-order valence-corrected chi connectivity index (χ1v) is 9.75. The molecule has 1 N–H and O–H groups in total. The van der Waals surface area contributed by atoms with Gasteiger partial charge < -0.3 is 9.64 Å². The average molecular weight is 338 g/mol. The molecule has 0 radical (unpaired) electrons. The number of sulfonamides is 1. The van der Waals surface area contributed by atoms with E-state index in [0.717, 1.165) is 44.7 Å². The second-order valence-corrected chi connectivity index (χ2v) is 8.94. The molecular weight excluding hydrogens is 316 g/mol. The Morgan fingerprint density at radius 2 is 2.00 bits per heavy atom. The summed E-state index contributed by atoms with van der Waals surface area (Å²) in [5.74, 6) is 1.03. The highest BCUT2D eigenvalue weighted by atomic mass is 32.2. The minimum Gasteiger partial charge on any atom is -0.371 e. The van der Waals surface area contributed by atoms with Gasteiger partial charge in [-0.2, -0.15) is 0 Å². The first-order valence-electron chi connectivity index (χ1n) is 8.21. The summed E-state index contributed by atoms with van der Waals surface area (Å²) < 4.78 is 32.5. The molecule has 2 saturated heterocycles. The van der Waals surface area contributed by atoms with Crippen LogP contribution < -0.4 is 9.62 Å². The van der Waals surface area contributed by atoms with E-state index in [0.29, 0.717) is 13.2 Å². The molecule has 1 atom stereocenters. The van der Waals surface area contributed by atoms with Crippen LogP contribution in [-0.4, -0.2) is 55.5 Å². The fraction of sp³-hybridized carbons (Fsp3) is 0.733. The third-order valence-corrected chi connectivity index (χ3v) is 6.88. The van der Waals surface area contributed by atoms with Crippen molar-refractivity contribution in [2.75, 3.05) is 31.1 Å². The van der Waals surface area contributed by atoms with E-state index in [-0.39, 0.29) is 16.8 Å². The van der Waals surface area contributed by atoms with Gasteiger partial charge in [0.1, 0.15) is 5.60 Å². The molecule has 0 amide bonds. The van der Waals surface area contributed by atoms with Crippen molar-refractivity contribution in [2.45, 2.75) is 36.5 Å². The summed E-state index contributed by atoms with van der Waals surface area (Å²) in [5, 5.41) is -0.149. The number of anilines is 1. The average Bonchev–Trinajstić information content (AvgIpc) is 3.38. The number of ether oxygens (including phenoxy) is 1. The zero-order valence-electron chi connectivity index (χ0n) is 13.0. The summed E-state index contributed by atoms with van der Waals surface area (Å²) in [6.07, 6.45) is 7.06. The molecule has 0 aromatic carbocycles. The van der Waals surface area contributed by atoms with Crippen LogP contribution in [0.4, 0.5) is 5.95 Å². The molecule has 7 nitrogen and oxygen atoms in total. The van der Waals surface area contributed by atoms with Gasteiger partial charge in [-0.15, -0.1) is 0 Å². The Kier molecular flexibility index (Phi) is 3.78. The van der Waals surface area contributed by atoms with Gasteiger partial charge in [-0.1, -0.05) is 0 Å². The van der Waals surface area contributed by atoms with Gasteiger partial charge in [0.15, 0.2) is 0 Å². The predicted molar refractivity (Wildman–Crippen MR) is 85.6 cm³/mol. The summed E-state index contributed by atoms with van der Waals surface area (Å²) in [6.45, 7) is 2.76. The largest absolute Gasteiger partial charge is 0.371 e. The Morgan fingerprint density at radius 3 is 2.61 bits per heavy atom.